The fraction of sp³-hybridized carbons (Fsp3) is 0. The maximum Gasteiger partial charge on any atom is 0.291 e. The zero-order chi connectivity index (χ0) is 15.1. The smallest absolute Gasteiger partial charge is 0.291 e. The predicted molar refractivity (Wildman–Crippen MR) is 78.5 cm³/mol. The molecule has 0 amide bonds. The van der Waals surface area contributed by atoms with Crippen LogP contribution in [-0.2, 0) is 0 Å². The molecule has 0 radical (unpaired) electrons. The summed E-state index contributed by atoms with van der Waals surface area (Å²) >= 11 is 0. The molecule has 0 spiro atoms. The first-order valence-electron chi connectivity index (χ1n) is 6.79. The maximum atomic E-state index is 12.5. The van der Waals surface area contributed by atoms with Crippen molar-refractivity contribution in [2.75, 3.05) is 0 Å². The second-order valence-electron chi connectivity index (χ2n) is 4.93. The van der Waals surface area contributed by atoms with E-state index in [1.54, 1.807) is 36.4 Å². The molecule has 0 saturated heterocycles. The fourth-order valence-corrected chi connectivity index (χ4v) is 2.51. The minimum Gasteiger partial charge on any atom is -0.426 e. The first kappa shape index (κ1) is 12.6. The molecule has 4 rings (SSSR count). The van der Waals surface area contributed by atoms with Crippen LogP contribution in [0.2, 0.25) is 0 Å². The van der Waals surface area contributed by atoms with E-state index in [1.807, 2.05) is 18.2 Å². The van der Waals surface area contributed by atoms with Crippen LogP contribution in [0.15, 0.2) is 65.1 Å². The monoisotopic (exact) mass is 290 g/mol. The van der Waals surface area contributed by atoms with Crippen LogP contribution in [0.3, 0.4) is 0 Å². The minimum absolute atomic E-state index is 0.0367. The van der Waals surface area contributed by atoms with E-state index in [-0.39, 0.29) is 28.8 Å². The number of benzene rings is 2. The van der Waals surface area contributed by atoms with Gasteiger partial charge >= 0.3 is 0 Å². The number of hydrogen-bond acceptors (Lipinski definition) is 4. The summed E-state index contributed by atoms with van der Waals surface area (Å²) in [6.07, 6.45) is 0. The topological polar surface area (TPSA) is 56.5 Å². The highest BCUT2D eigenvalue weighted by atomic mass is 16.6. The van der Waals surface area contributed by atoms with Crippen molar-refractivity contribution in [1.82, 2.24) is 0 Å². The Kier molecular flexibility index (Phi) is 2.69. The molecule has 0 N–H and O–H groups in total. The Hall–Kier alpha value is -3.14. The van der Waals surface area contributed by atoms with Gasteiger partial charge in [0.2, 0.25) is 5.78 Å². The summed E-state index contributed by atoms with van der Waals surface area (Å²) in [5.41, 5.74) is 1.00. The number of rotatable bonds is 2. The van der Waals surface area contributed by atoms with E-state index in [2.05, 4.69) is 0 Å². The largest absolute Gasteiger partial charge is 0.426 e. The lowest BCUT2D eigenvalue weighted by Crippen LogP contribution is -2.18. The molecule has 2 aromatic carbocycles. The molecule has 0 atom stereocenters. The maximum absolute atomic E-state index is 12.5. The van der Waals surface area contributed by atoms with Crippen LogP contribution in [0.1, 0.15) is 32.0 Å². The van der Waals surface area contributed by atoms with E-state index in [9.17, 15) is 9.59 Å². The van der Waals surface area contributed by atoms with Gasteiger partial charge in [0.15, 0.2) is 11.5 Å². The van der Waals surface area contributed by atoms with Crippen molar-refractivity contribution in [2.45, 2.75) is 0 Å². The van der Waals surface area contributed by atoms with Gasteiger partial charge in [0.1, 0.15) is 5.75 Å². The van der Waals surface area contributed by atoms with Gasteiger partial charge in [0, 0.05) is 17.2 Å². The first-order chi connectivity index (χ1) is 10.7. The van der Waals surface area contributed by atoms with Crippen LogP contribution >= 0.6 is 0 Å². The number of para-hydroxylation sites is 1. The van der Waals surface area contributed by atoms with E-state index in [4.69, 9.17) is 9.15 Å². The normalized spacial score (nSPS) is 12.7. The van der Waals surface area contributed by atoms with Crippen LogP contribution < -0.4 is 4.74 Å². The van der Waals surface area contributed by atoms with Crippen molar-refractivity contribution in [3.05, 3.63) is 83.1 Å². The molecule has 22 heavy (non-hydrogen) atoms. The van der Waals surface area contributed by atoms with E-state index >= 15 is 0 Å². The van der Waals surface area contributed by atoms with Crippen LogP contribution in [-0.4, -0.2) is 11.6 Å². The Morgan fingerprint density at radius 2 is 1.36 bits per heavy atom. The van der Waals surface area contributed by atoms with Crippen LogP contribution in [0.25, 0.3) is 0 Å². The van der Waals surface area contributed by atoms with Crippen molar-refractivity contribution >= 4 is 11.6 Å². The molecule has 0 saturated carbocycles. The summed E-state index contributed by atoms with van der Waals surface area (Å²) in [4.78, 5) is 24.9. The molecule has 1 aliphatic rings. The number of furan rings is 1. The standard InChI is InChI=1S/C18H10O4/c19-16-12-8-4-5-9-13(12)17(20)18-14(16)10-15(22-18)21-11-6-2-1-3-7-11/h1-10H. The summed E-state index contributed by atoms with van der Waals surface area (Å²) in [7, 11) is 0. The van der Waals surface area contributed by atoms with Crippen molar-refractivity contribution in [3.8, 4) is 11.7 Å². The lowest BCUT2D eigenvalue weighted by atomic mass is 9.89. The molecular weight excluding hydrogens is 280 g/mol. The molecule has 106 valence electrons. The number of fused-ring (bicyclic) bond motifs is 2. The molecule has 3 aromatic rings. The second kappa shape index (κ2) is 4.70. The van der Waals surface area contributed by atoms with Gasteiger partial charge < -0.3 is 9.15 Å². The van der Waals surface area contributed by atoms with Crippen LogP contribution in [0.5, 0.6) is 11.7 Å². The van der Waals surface area contributed by atoms with Gasteiger partial charge in [-0.15, -0.1) is 0 Å². The first-order valence-corrected chi connectivity index (χ1v) is 6.79. The highest BCUT2D eigenvalue weighted by Gasteiger charge is 2.33. The molecule has 0 bridgehead atoms. The third-order valence-corrected chi connectivity index (χ3v) is 3.54. The van der Waals surface area contributed by atoms with E-state index in [0.29, 0.717) is 16.9 Å². The Morgan fingerprint density at radius 1 is 0.727 bits per heavy atom. The minimum atomic E-state index is -0.298. The summed E-state index contributed by atoms with van der Waals surface area (Å²) in [5.74, 6) is 0.219. The van der Waals surface area contributed by atoms with Crippen molar-refractivity contribution in [2.24, 2.45) is 0 Å². The summed E-state index contributed by atoms with van der Waals surface area (Å²) < 4.78 is 11.0. The SMILES string of the molecule is O=C1c2ccccc2C(=O)c2oc(Oc3ccccc3)cc21. The van der Waals surface area contributed by atoms with Crippen LogP contribution in [0, 0.1) is 0 Å². The summed E-state index contributed by atoms with van der Waals surface area (Å²) in [5, 5.41) is 0. The van der Waals surface area contributed by atoms with Gasteiger partial charge in [0.05, 0.1) is 5.56 Å². The average Bonchev–Trinajstić information content (AvgIpc) is 2.98. The lowest BCUT2D eigenvalue weighted by Gasteiger charge is -2.11. The van der Waals surface area contributed by atoms with Crippen molar-refractivity contribution in [1.29, 1.82) is 0 Å². The number of carbonyl (C=O) groups excluding carboxylic acids is 2. The van der Waals surface area contributed by atoms with Gasteiger partial charge in [-0.05, 0) is 12.1 Å². The molecule has 0 fully saturated rings. The Balaban J connectivity index is 1.77. The quantitative estimate of drug-likeness (QED) is 0.562. The number of hydrogen-bond donors (Lipinski definition) is 0. The molecule has 0 unspecified atom stereocenters. The van der Waals surface area contributed by atoms with Crippen molar-refractivity contribution < 1.29 is 18.7 Å². The zero-order valence-electron chi connectivity index (χ0n) is 11.4. The van der Waals surface area contributed by atoms with Crippen molar-refractivity contribution in [3.63, 3.8) is 0 Å². The average molecular weight is 290 g/mol. The van der Waals surface area contributed by atoms with Gasteiger partial charge in [0.25, 0.3) is 5.95 Å². The van der Waals surface area contributed by atoms with E-state index < -0.39 is 0 Å². The van der Waals surface area contributed by atoms with E-state index in [1.165, 1.54) is 6.07 Å². The molecule has 1 aromatic heterocycles. The third-order valence-electron chi connectivity index (χ3n) is 3.54. The highest BCUT2D eigenvalue weighted by Crippen LogP contribution is 2.34. The Morgan fingerprint density at radius 3 is 2.09 bits per heavy atom. The van der Waals surface area contributed by atoms with Crippen LogP contribution in [0.4, 0.5) is 0 Å². The molecule has 4 heteroatoms. The number of ether oxygens (including phenoxy) is 1. The Bertz CT molecular complexity index is 838. The number of carbonyl (C=O) groups is 2. The predicted octanol–water partition coefficient (Wildman–Crippen LogP) is 3.85. The molecular formula is C18H10O4. The zero-order valence-corrected chi connectivity index (χ0v) is 11.4. The molecule has 1 heterocycles. The highest BCUT2D eigenvalue weighted by molar-refractivity contribution is 6.27. The van der Waals surface area contributed by atoms with Gasteiger partial charge in [-0.2, -0.15) is 0 Å². The lowest BCUT2D eigenvalue weighted by molar-refractivity contribution is 0.0957. The van der Waals surface area contributed by atoms with Gasteiger partial charge in [-0.3, -0.25) is 9.59 Å². The second-order valence-corrected chi connectivity index (χ2v) is 4.93. The van der Waals surface area contributed by atoms with Gasteiger partial charge in [-0.25, -0.2) is 0 Å². The molecule has 4 nitrogen and oxygen atoms in total. The Labute approximate surface area is 126 Å². The number of ketones is 2. The van der Waals surface area contributed by atoms with Gasteiger partial charge in [-0.1, -0.05) is 42.5 Å². The fourth-order valence-electron chi connectivity index (χ4n) is 2.51. The summed E-state index contributed by atoms with van der Waals surface area (Å²) in [6.45, 7) is 0. The van der Waals surface area contributed by atoms with E-state index in [0.717, 1.165) is 0 Å². The third kappa shape index (κ3) is 1.85. The summed E-state index contributed by atoms with van der Waals surface area (Å²) in [6, 6.07) is 17.2. The molecule has 1 aliphatic carbocycles. The molecule has 0 aliphatic heterocycles.